The largest absolute Gasteiger partial charge is 0.458 e. The van der Waals surface area contributed by atoms with Crippen LogP contribution in [0.1, 0.15) is 0 Å². The first-order chi connectivity index (χ1) is 6.66. The lowest BCUT2D eigenvalue weighted by Gasteiger charge is -2.19. The molecule has 0 spiro atoms. The SMILES string of the molecule is C=CCOC(=O)C1=CC=C[C@H](O)[C@@H]1O. The molecule has 4 heteroatoms. The van der Waals surface area contributed by atoms with Gasteiger partial charge in [-0.3, -0.25) is 0 Å². The molecule has 0 unspecified atom stereocenters. The van der Waals surface area contributed by atoms with Gasteiger partial charge in [0, 0.05) is 0 Å². The van der Waals surface area contributed by atoms with Crippen LogP contribution in [0.2, 0.25) is 0 Å². The number of allylic oxidation sites excluding steroid dienone is 2. The Morgan fingerprint density at radius 3 is 3.00 bits per heavy atom. The summed E-state index contributed by atoms with van der Waals surface area (Å²) < 4.78 is 4.72. The molecule has 0 saturated carbocycles. The average Bonchev–Trinajstić information content (AvgIpc) is 2.18. The zero-order valence-electron chi connectivity index (χ0n) is 7.59. The highest BCUT2D eigenvalue weighted by molar-refractivity contribution is 5.90. The highest BCUT2D eigenvalue weighted by atomic mass is 16.5. The summed E-state index contributed by atoms with van der Waals surface area (Å²) >= 11 is 0. The van der Waals surface area contributed by atoms with Gasteiger partial charge in [-0.05, 0) is 6.08 Å². The van der Waals surface area contributed by atoms with Gasteiger partial charge in [-0.25, -0.2) is 4.79 Å². The number of esters is 1. The van der Waals surface area contributed by atoms with E-state index in [1.165, 1.54) is 24.3 Å². The lowest BCUT2D eigenvalue weighted by Crippen LogP contribution is -2.32. The number of aliphatic hydroxyl groups is 2. The molecule has 76 valence electrons. The fourth-order valence-corrected chi connectivity index (χ4v) is 1.07. The Balaban J connectivity index is 2.67. The number of hydrogen-bond acceptors (Lipinski definition) is 4. The second kappa shape index (κ2) is 4.74. The van der Waals surface area contributed by atoms with E-state index in [9.17, 15) is 15.0 Å². The normalized spacial score (nSPS) is 25.4. The molecule has 4 nitrogen and oxygen atoms in total. The monoisotopic (exact) mass is 196 g/mol. The molecule has 1 aliphatic rings. The maximum atomic E-state index is 11.3. The van der Waals surface area contributed by atoms with Crippen molar-refractivity contribution in [2.24, 2.45) is 0 Å². The van der Waals surface area contributed by atoms with Crippen LogP contribution < -0.4 is 0 Å². The molecule has 0 aliphatic heterocycles. The summed E-state index contributed by atoms with van der Waals surface area (Å²) in [6.45, 7) is 3.48. The molecule has 1 rings (SSSR count). The van der Waals surface area contributed by atoms with Crippen LogP contribution >= 0.6 is 0 Å². The molecule has 2 atom stereocenters. The van der Waals surface area contributed by atoms with Crippen LogP contribution in [0.15, 0.2) is 36.5 Å². The summed E-state index contributed by atoms with van der Waals surface area (Å²) in [5.74, 6) is -0.638. The molecule has 0 aromatic rings. The lowest BCUT2D eigenvalue weighted by molar-refractivity contribution is -0.139. The van der Waals surface area contributed by atoms with Crippen molar-refractivity contribution in [2.45, 2.75) is 12.2 Å². The van der Waals surface area contributed by atoms with Crippen molar-refractivity contribution in [3.63, 3.8) is 0 Å². The molecule has 0 heterocycles. The van der Waals surface area contributed by atoms with Gasteiger partial charge >= 0.3 is 5.97 Å². The van der Waals surface area contributed by atoms with E-state index in [0.717, 1.165) is 0 Å². The number of rotatable bonds is 3. The van der Waals surface area contributed by atoms with E-state index in [2.05, 4.69) is 6.58 Å². The summed E-state index contributed by atoms with van der Waals surface area (Å²) in [7, 11) is 0. The Morgan fingerprint density at radius 2 is 2.36 bits per heavy atom. The maximum absolute atomic E-state index is 11.3. The van der Waals surface area contributed by atoms with Crippen molar-refractivity contribution in [1.29, 1.82) is 0 Å². The van der Waals surface area contributed by atoms with Gasteiger partial charge in [0.15, 0.2) is 0 Å². The molecule has 0 fully saturated rings. The number of aliphatic hydroxyl groups excluding tert-OH is 2. The molecule has 2 N–H and O–H groups in total. The minimum absolute atomic E-state index is 0.0573. The van der Waals surface area contributed by atoms with Gasteiger partial charge in [-0.1, -0.05) is 24.8 Å². The third-order valence-electron chi connectivity index (χ3n) is 1.79. The summed E-state index contributed by atoms with van der Waals surface area (Å²) in [5.41, 5.74) is 0.0573. The molecule has 14 heavy (non-hydrogen) atoms. The summed E-state index contributed by atoms with van der Waals surface area (Å²) in [5, 5.41) is 18.6. The molecule has 0 aromatic carbocycles. The Bertz CT molecular complexity index is 290. The fraction of sp³-hybridized carbons (Fsp3) is 0.300. The number of carbonyl (C=O) groups is 1. The summed E-state index contributed by atoms with van der Waals surface area (Å²) in [6.07, 6.45) is 3.49. The molecular weight excluding hydrogens is 184 g/mol. The van der Waals surface area contributed by atoms with Gasteiger partial charge in [0.25, 0.3) is 0 Å². The second-order valence-corrected chi connectivity index (χ2v) is 2.83. The van der Waals surface area contributed by atoms with Crippen molar-refractivity contribution >= 4 is 5.97 Å². The third-order valence-corrected chi connectivity index (χ3v) is 1.79. The van der Waals surface area contributed by atoms with Crippen LogP contribution in [0.5, 0.6) is 0 Å². The summed E-state index contributed by atoms with van der Waals surface area (Å²) in [6, 6.07) is 0. The number of carbonyl (C=O) groups excluding carboxylic acids is 1. The van der Waals surface area contributed by atoms with Gasteiger partial charge in [0.05, 0.1) is 5.57 Å². The lowest BCUT2D eigenvalue weighted by atomic mass is 9.99. The molecular formula is C10H12O4. The van der Waals surface area contributed by atoms with Gasteiger partial charge in [0.2, 0.25) is 0 Å². The fourth-order valence-electron chi connectivity index (χ4n) is 1.07. The zero-order valence-corrected chi connectivity index (χ0v) is 7.59. The van der Waals surface area contributed by atoms with Gasteiger partial charge in [0.1, 0.15) is 18.8 Å². The zero-order chi connectivity index (χ0) is 10.6. The van der Waals surface area contributed by atoms with Crippen LogP contribution in [0.25, 0.3) is 0 Å². The molecule has 1 aliphatic carbocycles. The van der Waals surface area contributed by atoms with E-state index in [4.69, 9.17) is 4.74 Å². The Morgan fingerprint density at radius 1 is 1.64 bits per heavy atom. The minimum atomic E-state index is -1.21. The smallest absolute Gasteiger partial charge is 0.337 e. The van der Waals surface area contributed by atoms with Crippen molar-refractivity contribution in [3.8, 4) is 0 Å². The Kier molecular flexibility index (Phi) is 3.62. The van der Waals surface area contributed by atoms with E-state index in [1.807, 2.05) is 0 Å². The topological polar surface area (TPSA) is 66.8 Å². The van der Waals surface area contributed by atoms with Crippen molar-refractivity contribution < 1.29 is 19.7 Å². The molecule has 0 radical (unpaired) electrons. The number of hydrogen-bond donors (Lipinski definition) is 2. The minimum Gasteiger partial charge on any atom is -0.458 e. The standard InChI is InChI=1S/C10H12O4/c1-2-6-14-10(13)7-4-3-5-8(11)9(7)12/h2-5,8-9,11-12H,1,6H2/t8-,9+/m0/s1. The van der Waals surface area contributed by atoms with E-state index in [0.29, 0.717) is 0 Å². The summed E-state index contributed by atoms with van der Waals surface area (Å²) in [4.78, 5) is 11.3. The van der Waals surface area contributed by atoms with Gasteiger partial charge < -0.3 is 14.9 Å². The van der Waals surface area contributed by atoms with Crippen molar-refractivity contribution in [1.82, 2.24) is 0 Å². The van der Waals surface area contributed by atoms with Crippen LogP contribution in [0.3, 0.4) is 0 Å². The van der Waals surface area contributed by atoms with E-state index >= 15 is 0 Å². The van der Waals surface area contributed by atoms with E-state index < -0.39 is 18.2 Å². The quantitative estimate of drug-likeness (QED) is 0.490. The van der Waals surface area contributed by atoms with Crippen molar-refractivity contribution in [2.75, 3.05) is 6.61 Å². The Hall–Kier alpha value is -1.39. The van der Waals surface area contributed by atoms with Crippen LogP contribution in [0, 0.1) is 0 Å². The highest BCUT2D eigenvalue weighted by Crippen LogP contribution is 2.15. The molecule has 0 aromatic heterocycles. The van der Waals surface area contributed by atoms with Gasteiger partial charge in [-0.15, -0.1) is 0 Å². The maximum Gasteiger partial charge on any atom is 0.337 e. The Labute approximate surface area is 81.8 Å². The number of ether oxygens (including phenoxy) is 1. The molecule has 0 saturated heterocycles. The van der Waals surface area contributed by atoms with Gasteiger partial charge in [-0.2, -0.15) is 0 Å². The average molecular weight is 196 g/mol. The molecule has 0 amide bonds. The second-order valence-electron chi connectivity index (χ2n) is 2.83. The predicted octanol–water partition coefficient (Wildman–Crippen LogP) is -0.0664. The first-order valence-corrected chi connectivity index (χ1v) is 4.19. The van der Waals surface area contributed by atoms with Crippen LogP contribution in [-0.4, -0.2) is 35.0 Å². The first kappa shape index (κ1) is 10.7. The van der Waals surface area contributed by atoms with E-state index in [1.54, 1.807) is 0 Å². The van der Waals surface area contributed by atoms with Crippen molar-refractivity contribution in [3.05, 3.63) is 36.5 Å². The predicted molar refractivity (Wildman–Crippen MR) is 50.4 cm³/mol. The van der Waals surface area contributed by atoms with E-state index in [-0.39, 0.29) is 12.2 Å². The third kappa shape index (κ3) is 2.31. The first-order valence-electron chi connectivity index (χ1n) is 4.19. The van der Waals surface area contributed by atoms with Crippen LogP contribution in [-0.2, 0) is 9.53 Å². The molecule has 0 bridgehead atoms. The highest BCUT2D eigenvalue weighted by Gasteiger charge is 2.26. The van der Waals surface area contributed by atoms with Crippen LogP contribution in [0.4, 0.5) is 0 Å².